The highest BCUT2D eigenvalue weighted by Gasteiger charge is 2.26. The van der Waals surface area contributed by atoms with Crippen LogP contribution in [0.4, 0.5) is 0 Å². The lowest BCUT2D eigenvalue weighted by atomic mass is 9.87. The van der Waals surface area contributed by atoms with Crippen molar-refractivity contribution in [2.75, 3.05) is 0 Å². The van der Waals surface area contributed by atoms with Crippen molar-refractivity contribution in [2.24, 2.45) is 0 Å². The Labute approximate surface area is 209 Å². The number of hydrogen-bond donors (Lipinski definition) is 6. The first kappa shape index (κ1) is 24.6. The van der Waals surface area contributed by atoms with Crippen molar-refractivity contribution in [1.82, 2.24) is 0 Å². The molecule has 0 bridgehead atoms. The number of carboxylic acids is 4. The third kappa shape index (κ3) is 3.69. The molecule has 36 heavy (non-hydrogen) atoms. The Morgan fingerprint density at radius 2 is 1.00 bits per heavy atom. The van der Waals surface area contributed by atoms with E-state index in [1.165, 1.54) is 6.07 Å². The Morgan fingerprint density at radius 1 is 0.556 bits per heavy atom. The normalized spacial score (nSPS) is 11.1. The van der Waals surface area contributed by atoms with Crippen LogP contribution in [0.3, 0.4) is 0 Å². The molecule has 4 rings (SSSR count). The number of rotatable bonds is 5. The summed E-state index contributed by atoms with van der Waals surface area (Å²) in [5.74, 6) is -7.63. The van der Waals surface area contributed by atoms with Gasteiger partial charge < -0.3 is 30.6 Å². The topological polar surface area (TPSA) is 190 Å². The lowest BCUT2D eigenvalue weighted by molar-refractivity contribution is 0.0682. The van der Waals surface area contributed by atoms with Crippen molar-refractivity contribution < 1.29 is 49.8 Å². The summed E-state index contributed by atoms with van der Waals surface area (Å²) >= 11 is 12.5. The third-order valence-corrected chi connectivity index (χ3v) is 6.38. The number of carboxylic acid groups (broad SMARTS) is 4. The predicted octanol–water partition coefficient (Wildman–Crippen LogP) is 5.17. The lowest BCUT2D eigenvalue weighted by Gasteiger charge is -2.18. The minimum atomic E-state index is -1.57. The molecular formula is C24H12Cl2O10. The zero-order valence-corrected chi connectivity index (χ0v) is 19.0. The summed E-state index contributed by atoms with van der Waals surface area (Å²) < 4.78 is 0. The van der Waals surface area contributed by atoms with Crippen molar-refractivity contribution in [3.63, 3.8) is 0 Å². The molecule has 0 amide bonds. The SMILES string of the molecule is O=C(O)c1ccc(C(=O)O)c(-c2c3cc(C(=O)O)c(O)c(Cl)c3cc3c(Cl)c(O)c(C(=O)O)cc23)c1. The Balaban J connectivity index is 2.40. The number of carbonyl (C=O) groups is 4. The standard InChI is InChI=1S/C24H12Cl2O10/c25-17-12-6-13-11(5-15(24(35)36)20(28)18(13)26)16(10(12)4-14(19(17)27)23(33)34)9-3-7(21(29)30)1-2-8(9)22(31)32/h1-6,27-28H,(H,29,30)(H,31,32)(H,33,34)(H,35,36). The van der Waals surface area contributed by atoms with E-state index in [0.29, 0.717) is 0 Å². The largest absolute Gasteiger partial charge is 0.505 e. The summed E-state index contributed by atoms with van der Waals surface area (Å²) in [7, 11) is 0. The molecule has 0 aromatic heterocycles. The van der Waals surface area contributed by atoms with Gasteiger partial charge in [0.1, 0.15) is 22.6 Å². The summed E-state index contributed by atoms with van der Waals surface area (Å²) in [6, 6.07) is 6.33. The average molecular weight is 531 g/mol. The van der Waals surface area contributed by atoms with Gasteiger partial charge in [-0.25, -0.2) is 19.2 Å². The van der Waals surface area contributed by atoms with Gasteiger partial charge in [0, 0.05) is 10.8 Å². The van der Waals surface area contributed by atoms with Crippen LogP contribution in [0.2, 0.25) is 10.0 Å². The molecular weight excluding hydrogens is 519 g/mol. The second kappa shape index (κ2) is 8.59. The highest BCUT2D eigenvalue weighted by Crippen LogP contribution is 2.48. The molecule has 6 N–H and O–H groups in total. The van der Waals surface area contributed by atoms with Gasteiger partial charge in [0.25, 0.3) is 0 Å². The first-order valence-corrected chi connectivity index (χ1v) is 10.5. The van der Waals surface area contributed by atoms with Gasteiger partial charge in [-0.15, -0.1) is 0 Å². The minimum absolute atomic E-state index is 0.0249. The molecule has 182 valence electrons. The van der Waals surface area contributed by atoms with E-state index in [2.05, 4.69) is 0 Å². The Kier molecular flexibility index (Phi) is 5.87. The molecule has 4 aromatic carbocycles. The number of aromatic carboxylic acids is 4. The molecule has 0 radical (unpaired) electrons. The van der Waals surface area contributed by atoms with Crippen LogP contribution in [-0.4, -0.2) is 54.5 Å². The zero-order valence-electron chi connectivity index (χ0n) is 17.5. The van der Waals surface area contributed by atoms with E-state index in [9.17, 15) is 49.8 Å². The van der Waals surface area contributed by atoms with E-state index in [1.54, 1.807) is 0 Å². The van der Waals surface area contributed by atoms with Crippen LogP contribution in [0.5, 0.6) is 11.5 Å². The van der Waals surface area contributed by atoms with Gasteiger partial charge in [-0.1, -0.05) is 23.2 Å². The average Bonchev–Trinajstić information content (AvgIpc) is 2.81. The Hall–Kier alpha value is -4.54. The fourth-order valence-corrected chi connectivity index (χ4v) is 4.50. The number of phenols is 2. The summed E-state index contributed by atoms with van der Waals surface area (Å²) in [5.41, 5.74) is -2.39. The molecule has 4 aromatic rings. The third-order valence-electron chi connectivity index (χ3n) is 5.61. The molecule has 0 aliphatic rings. The summed E-state index contributed by atoms with van der Waals surface area (Å²) in [6.07, 6.45) is 0. The highest BCUT2D eigenvalue weighted by atomic mass is 35.5. The first-order chi connectivity index (χ1) is 16.8. The molecule has 0 fully saturated rings. The fourth-order valence-electron chi connectivity index (χ4n) is 3.98. The van der Waals surface area contributed by atoms with E-state index in [1.807, 2.05) is 0 Å². The van der Waals surface area contributed by atoms with Crippen LogP contribution in [0, 0.1) is 0 Å². The van der Waals surface area contributed by atoms with Crippen LogP contribution in [-0.2, 0) is 0 Å². The second-order valence-electron chi connectivity index (χ2n) is 7.60. The molecule has 10 nitrogen and oxygen atoms in total. The molecule has 0 heterocycles. The van der Waals surface area contributed by atoms with Gasteiger partial charge in [-0.05, 0) is 58.3 Å². The molecule has 0 aliphatic heterocycles. The zero-order chi connectivity index (χ0) is 26.6. The Morgan fingerprint density at radius 3 is 1.39 bits per heavy atom. The Bertz CT molecular complexity index is 1610. The molecule has 0 unspecified atom stereocenters. The maximum Gasteiger partial charge on any atom is 0.339 e. The summed E-state index contributed by atoms with van der Waals surface area (Å²) in [5, 5.41) is 58.1. The highest BCUT2D eigenvalue weighted by molar-refractivity contribution is 6.42. The number of fused-ring (bicyclic) bond motifs is 2. The first-order valence-electron chi connectivity index (χ1n) is 9.76. The van der Waals surface area contributed by atoms with Gasteiger partial charge >= 0.3 is 23.9 Å². The molecule has 12 heteroatoms. The minimum Gasteiger partial charge on any atom is -0.505 e. The van der Waals surface area contributed by atoms with Crippen LogP contribution < -0.4 is 0 Å². The van der Waals surface area contributed by atoms with E-state index in [0.717, 1.165) is 30.3 Å². The quantitative estimate of drug-likeness (QED) is 0.187. The van der Waals surface area contributed by atoms with Gasteiger partial charge in [0.05, 0.1) is 21.2 Å². The van der Waals surface area contributed by atoms with Gasteiger partial charge in [0.2, 0.25) is 0 Å². The molecule has 0 saturated carbocycles. The van der Waals surface area contributed by atoms with Crippen molar-refractivity contribution in [3.8, 4) is 22.6 Å². The van der Waals surface area contributed by atoms with Crippen molar-refractivity contribution in [1.29, 1.82) is 0 Å². The van der Waals surface area contributed by atoms with Crippen LogP contribution in [0.25, 0.3) is 32.7 Å². The molecule has 0 spiro atoms. The van der Waals surface area contributed by atoms with E-state index in [-0.39, 0.29) is 38.2 Å². The van der Waals surface area contributed by atoms with Crippen LogP contribution >= 0.6 is 23.2 Å². The summed E-state index contributed by atoms with van der Waals surface area (Å²) in [6.45, 7) is 0. The molecule has 0 aliphatic carbocycles. The van der Waals surface area contributed by atoms with Gasteiger partial charge in [-0.3, -0.25) is 0 Å². The smallest absolute Gasteiger partial charge is 0.339 e. The van der Waals surface area contributed by atoms with Crippen molar-refractivity contribution >= 4 is 68.6 Å². The number of benzene rings is 4. The number of hydrogen-bond acceptors (Lipinski definition) is 6. The van der Waals surface area contributed by atoms with Gasteiger partial charge in [-0.2, -0.15) is 0 Å². The number of aromatic hydroxyl groups is 2. The van der Waals surface area contributed by atoms with E-state index >= 15 is 0 Å². The second-order valence-corrected chi connectivity index (χ2v) is 8.35. The van der Waals surface area contributed by atoms with Crippen LogP contribution in [0.1, 0.15) is 41.4 Å². The van der Waals surface area contributed by atoms with E-state index < -0.39 is 62.1 Å². The van der Waals surface area contributed by atoms with Crippen LogP contribution in [0.15, 0.2) is 36.4 Å². The molecule has 0 atom stereocenters. The van der Waals surface area contributed by atoms with Crippen molar-refractivity contribution in [2.45, 2.75) is 0 Å². The van der Waals surface area contributed by atoms with Crippen molar-refractivity contribution in [3.05, 3.63) is 68.7 Å². The molecule has 0 saturated heterocycles. The number of halogens is 2. The fraction of sp³-hybridized carbons (Fsp3) is 0. The van der Waals surface area contributed by atoms with Gasteiger partial charge in [0.15, 0.2) is 0 Å². The maximum atomic E-state index is 12.1. The monoisotopic (exact) mass is 530 g/mol. The lowest BCUT2D eigenvalue weighted by Crippen LogP contribution is -2.05. The predicted molar refractivity (Wildman–Crippen MR) is 128 cm³/mol. The summed E-state index contributed by atoms with van der Waals surface area (Å²) in [4.78, 5) is 47.3. The maximum absolute atomic E-state index is 12.1. The van der Waals surface area contributed by atoms with E-state index in [4.69, 9.17) is 23.2 Å².